The monoisotopic (exact) mass is 283 g/mol. The fraction of sp³-hybridized carbons (Fsp3) is 0.200. The van der Waals surface area contributed by atoms with Crippen LogP contribution in [0, 0.1) is 10.1 Å². The third kappa shape index (κ3) is 2.84. The maximum atomic E-state index is 10.9. The quantitative estimate of drug-likeness (QED) is 0.527. The summed E-state index contributed by atoms with van der Waals surface area (Å²) in [7, 11) is 0. The van der Waals surface area contributed by atoms with Crippen molar-refractivity contribution in [2.75, 3.05) is 0 Å². The molecule has 0 fully saturated rings. The molecule has 1 N–H and O–H groups in total. The van der Waals surface area contributed by atoms with E-state index in [-0.39, 0.29) is 5.69 Å². The number of aliphatic hydroxyl groups is 1. The van der Waals surface area contributed by atoms with Crippen molar-refractivity contribution in [2.24, 2.45) is 0 Å². The van der Waals surface area contributed by atoms with Gasteiger partial charge in [0, 0.05) is 23.3 Å². The number of hydrogen-bond donors (Lipinski definition) is 1. The third-order valence-electron chi connectivity index (χ3n) is 2.03. The van der Waals surface area contributed by atoms with E-state index in [2.05, 4.69) is 9.97 Å². The molecule has 0 aliphatic rings. The number of nitro groups is 1. The predicted molar refractivity (Wildman–Crippen MR) is 67.8 cm³/mol. The average Bonchev–Trinajstić information content (AvgIpc) is 2.74. The Kier molecular flexibility index (Phi) is 3.90. The van der Waals surface area contributed by atoms with Gasteiger partial charge < -0.3 is 5.11 Å². The molecule has 0 spiro atoms. The zero-order chi connectivity index (χ0) is 13.1. The van der Waals surface area contributed by atoms with Crippen LogP contribution < -0.4 is 0 Å². The molecule has 2 heterocycles. The summed E-state index contributed by atoms with van der Waals surface area (Å²) in [5, 5.41) is 20.8. The largest absolute Gasteiger partial charge is 0.388 e. The van der Waals surface area contributed by atoms with Crippen molar-refractivity contribution in [3.8, 4) is 0 Å². The first-order valence-corrected chi connectivity index (χ1v) is 6.62. The van der Waals surface area contributed by atoms with Crippen molar-refractivity contribution in [2.45, 2.75) is 22.4 Å². The molecular formula is C10H9N3O3S2. The summed E-state index contributed by atoms with van der Waals surface area (Å²) in [6.07, 6.45) is 2.43. The SMILES string of the molecule is CC(O)c1cc([N+](=O)[O-])c(Sc2ncccn2)s1. The highest BCUT2D eigenvalue weighted by Crippen LogP contribution is 2.41. The molecule has 2 aromatic heterocycles. The lowest BCUT2D eigenvalue weighted by Crippen LogP contribution is -1.88. The second-order valence-electron chi connectivity index (χ2n) is 3.39. The van der Waals surface area contributed by atoms with Gasteiger partial charge in [0.15, 0.2) is 5.16 Å². The number of thiophene rings is 1. The highest BCUT2D eigenvalue weighted by atomic mass is 32.2. The van der Waals surface area contributed by atoms with Crippen LogP contribution in [-0.2, 0) is 0 Å². The Hall–Kier alpha value is -1.51. The molecule has 0 saturated heterocycles. The Labute approximate surface area is 111 Å². The molecule has 8 heteroatoms. The minimum absolute atomic E-state index is 0.0200. The fourth-order valence-electron chi connectivity index (χ4n) is 1.21. The Bertz CT molecular complexity index is 557. The molecule has 0 amide bonds. The Morgan fingerprint density at radius 1 is 1.50 bits per heavy atom. The zero-order valence-electron chi connectivity index (χ0n) is 9.31. The van der Waals surface area contributed by atoms with Crippen molar-refractivity contribution in [1.29, 1.82) is 0 Å². The summed E-state index contributed by atoms with van der Waals surface area (Å²) in [5.41, 5.74) is -0.0200. The van der Waals surface area contributed by atoms with Gasteiger partial charge in [-0.25, -0.2) is 9.97 Å². The van der Waals surface area contributed by atoms with Crippen molar-refractivity contribution < 1.29 is 10.0 Å². The van der Waals surface area contributed by atoms with E-state index in [0.717, 1.165) is 11.8 Å². The number of nitrogens with zero attached hydrogens (tertiary/aromatic N) is 3. The predicted octanol–water partition coefficient (Wildman–Crippen LogP) is 2.65. The van der Waals surface area contributed by atoms with Crippen LogP contribution in [0.1, 0.15) is 17.9 Å². The van der Waals surface area contributed by atoms with Crippen molar-refractivity contribution in [3.63, 3.8) is 0 Å². The molecule has 0 radical (unpaired) electrons. The Morgan fingerprint density at radius 3 is 2.72 bits per heavy atom. The summed E-state index contributed by atoms with van der Waals surface area (Å²) >= 11 is 2.31. The van der Waals surface area contributed by atoms with E-state index >= 15 is 0 Å². The average molecular weight is 283 g/mol. The molecule has 0 bridgehead atoms. The van der Waals surface area contributed by atoms with E-state index in [0.29, 0.717) is 14.2 Å². The normalized spacial score (nSPS) is 12.3. The van der Waals surface area contributed by atoms with Crippen LogP contribution in [0.15, 0.2) is 33.9 Å². The second kappa shape index (κ2) is 5.42. The van der Waals surface area contributed by atoms with Crippen LogP contribution in [0.25, 0.3) is 0 Å². The van der Waals surface area contributed by atoms with Crippen LogP contribution in [-0.4, -0.2) is 20.0 Å². The first-order chi connectivity index (χ1) is 8.58. The van der Waals surface area contributed by atoms with Crippen LogP contribution in [0.3, 0.4) is 0 Å². The maximum absolute atomic E-state index is 10.9. The molecule has 0 saturated carbocycles. The second-order valence-corrected chi connectivity index (χ2v) is 5.71. The highest BCUT2D eigenvalue weighted by molar-refractivity contribution is 8.01. The molecule has 94 valence electrons. The minimum atomic E-state index is -0.722. The molecule has 1 unspecified atom stereocenters. The van der Waals surface area contributed by atoms with E-state index in [9.17, 15) is 15.2 Å². The Balaban J connectivity index is 2.34. The van der Waals surface area contributed by atoms with E-state index in [1.165, 1.54) is 17.4 Å². The lowest BCUT2D eigenvalue weighted by Gasteiger charge is -1.96. The lowest BCUT2D eigenvalue weighted by molar-refractivity contribution is -0.387. The molecule has 1 atom stereocenters. The van der Waals surface area contributed by atoms with Crippen molar-refractivity contribution in [3.05, 3.63) is 39.5 Å². The van der Waals surface area contributed by atoms with Gasteiger partial charge in [0.2, 0.25) is 0 Å². The van der Waals surface area contributed by atoms with Gasteiger partial charge in [-0.1, -0.05) is 0 Å². The number of rotatable bonds is 4. The first kappa shape index (κ1) is 12.9. The molecule has 18 heavy (non-hydrogen) atoms. The molecule has 2 aromatic rings. The van der Waals surface area contributed by atoms with Gasteiger partial charge in [0.1, 0.15) is 4.21 Å². The van der Waals surface area contributed by atoms with Crippen molar-refractivity contribution >= 4 is 28.8 Å². The lowest BCUT2D eigenvalue weighted by atomic mass is 10.3. The van der Waals surface area contributed by atoms with Crippen LogP contribution in [0.5, 0.6) is 0 Å². The zero-order valence-corrected chi connectivity index (χ0v) is 10.9. The first-order valence-electron chi connectivity index (χ1n) is 4.99. The van der Waals surface area contributed by atoms with E-state index in [1.54, 1.807) is 25.4 Å². The van der Waals surface area contributed by atoms with E-state index in [1.807, 2.05) is 0 Å². The smallest absolute Gasteiger partial charge is 0.294 e. The number of hydrogen-bond acceptors (Lipinski definition) is 7. The molecule has 2 rings (SSSR count). The summed E-state index contributed by atoms with van der Waals surface area (Å²) in [6.45, 7) is 1.57. The van der Waals surface area contributed by atoms with Crippen molar-refractivity contribution in [1.82, 2.24) is 9.97 Å². The summed E-state index contributed by atoms with van der Waals surface area (Å²) in [5.74, 6) is 0. The molecular weight excluding hydrogens is 274 g/mol. The van der Waals surface area contributed by atoms with E-state index < -0.39 is 11.0 Å². The van der Waals surface area contributed by atoms with Crippen LogP contribution in [0.4, 0.5) is 5.69 Å². The number of aromatic nitrogens is 2. The topological polar surface area (TPSA) is 89.2 Å². The highest BCUT2D eigenvalue weighted by Gasteiger charge is 2.22. The van der Waals surface area contributed by atoms with Gasteiger partial charge in [-0.15, -0.1) is 11.3 Å². The van der Waals surface area contributed by atoms with Gasteiger partial charge in [-0.05, 0) is 24.8 Å². The molecule has 0 aliphatic heterocycles. The standard InChI is InChI=1S/C10H9N3O3S2/c1-6(14)8-5-7(13(15)16)9(17-8)18-10-11-3-2-4-12-10/h2-6,14H,1H3. The van der Waals surface area contributed by atoms with E-state index in [4.69, 9.17) is 0 Å². The van der Waals surface area contributed by atoms with Gasteiger partial charge in [0.05, 0.1) is 11.0 Å². The summed E-state index contributed by atoms with van der Waals surface area (Å²) in [6, 6.07) is 3.06. The Morgan fingerprint density at radius 2 is 2.17 bits per heavy atom. The molecule has 0 aromatic carbocycles. The van der Waals surface area contributed by atoms with Gasteiger partial charge in [0.25, 0.3) is 5.69 Å². The molecule has 0 aliphatic carbocycles. The van der Waals surface area contributed by atoms with Crippen LogP contribution in [0.2, 0.25) is 0 Å². The number of aliphatic hydroxyl groups excluding tert-OH is 1. The van der Waals surface area contributed by atoms with Gasteiger partial charge in [-0.2, -0.15) is 0 Å². The summed E-state index contributed by atoms with van der Waals surface area (Å²) < 4.78 is 0.474. The summed E-state index contributed by atoms with van der Waals surface area (Å²) in [4.78, 5) is 19.0. The maximum Gasteiger partial charge on any atom is 0.294 e. The minimum Gasteiger partial charge on any atom is -0.388 e. The molecule has 6 nitrogen and oxygen atoms in total. The van der Waals surface area contributed by atoms with Crippen LogP contribution >= 0.6 is 23.1 Å². The van der Waals surface area contributed by atoms with Gasteiger partial charge in [-0.3, -0.25) is 10.1 Å². The third-order valence-corrected chi connectivity index (χ3v) is 4.41. The van der Waals surface area contributed by atoms with Gasteiger partial charge >= 0.3 is 0 Å². The fourth-order valence-corrected chi connectivity index (χ4v) is 3.31.